The molecule has 0 spiro atoms. The Balaban J connectivity index is 3.42. The van der Waals surface area contributed by atoms with Gasteiger partial charge in [0, 0.05) is 13.1 Å². The van der Waals surface area contributed by atoms with Gasteiger partial charge in [-0.3, -0.25) is 9.59 Å². The van der Waals surface area contributed by atoms with E-state index in [1.807, 2.05) is 13.8 Å². The van der Waals surface area contributed by atoms with E-state index in [1.165, 1.54) is 0 Å². The molecule has 1 N–H and O–H groups in total. The minimum atomic E-state index is -2.21. The molecule has 0 aromatic carbocycles. The quantitative estimate of drug-likeness (QED) is 0.522. The average Bonchev–Trinajstić information content (AvgIpc) is 2.83. The van der Waals surface area contributed by atoms with Crippen LogP contribution in [0.5, 0.6) is 0 Å². The van der Waals surface area contributed by atoms with Crippen LogP contribution in [0.25, 0.3) is 0 Å². The summed E-state index contributed by atoms with van der Waals surface area (Å²) < 4.78 is 3.02. The fourth-order valence-corrected chi connectivity index (χ4v) is 3.45. The third kappa shape index (κ3) is 5.49. The molecule has 0 atom stereocenters. The standard InChI is InChI=1S/C16H21Cl3N2O4S/c1-6-21(7-2)13(22)11-9(5)10(14(23)25-8(3)4)12(26-11)20-15(24)16(17,18)19/h8H,6-7H2,1-5H3,(H,20,24). The van der Waals surface area contributed by atoms with Gasteiger partial charge in [0.25, 0.3) is 15.6 Å². The molecule has 1 aromatic heterocycles. The molecule has 2 amide bonds. The van der Waals surface area contributed by atoms with E-state index < -0.39 is 15.7 Å². The van der Waals surface area contributed by atoms with Crippen LogP contribution < -0.4 is 5.32 Å². The van der Waals surface area contributed by atoms with Gasteiger partial charge in [-0.1, -0.05) is 34.8 Å². The highest BCUT2D eigenvalue weighted by molar-refractivity contribution is 7.18. The maximum Gasteiger partial charge on any atom is 0.341 e. The third-order valence-electron chi connectivity index (χ3n) is 3.42. The summed E-state index contributed by atoms with van der Waals surface area (Å²) in [5.74, 6) is -1.83. The van der Waals surface area contributed by atoms with Gasteiger partial charge >= 0.3 is 5.97 Å². The Hall–Kier alpha value is -1.02. The van der Waals surface area contributed by atoms with E-state index in [0.717, 1.165) is 11.3 Å². The van der Waals surface area contributed by atoms with Gasteiger partial charge < -0.3 is 15.0 Å². The summed E-state index contributed by atoms with van der Waals surface area (Å²) >= 11 is 17.7. The van der Waals surface area contributed by atoms with Crippen molar-refractivity contribution in [2.75, 3.05) is 18.4 Å². The van der Waals surface area contributed by atoms with Gasteiger partial charge in [-0.05, 0) is 40.2 Å². The largest absolute Gasteiger partial charge is 0.459 e. The van der Waals surface area contributed by atoms with E-state index in [2.05, 4.69) is 5.32 Å². The fourth-order valence-electron chi connectivity index (χ4n) is 2.15. The first-order valence-corrected chi connectivity index (χ1v) is 9.90. The first-order valence-electron chi connectivity index (χ1n) is 7.95. The zero-order chi connectivity index (χ0) is 20.2. The highest BCUT2D eigenvalue weighted by atomic mass is 35.6. The summed E-state index contributed by atoms with van der Waals surface area (Å²) in [5, 5.41) is 2.52. The minimum Gasteiger partial charge on any atom is -0.459 e. The van der Waals surface area contributed by atoms with Gasteiger partial charge in [0.2, 0.25) is 0 Å². The van der Waals surface area contributed by atoms with E-state index in [0.29, 0.717) is 23.5 Å². The van der Waals surface area contributed by atoms with Crippen molar-refractivity contribution in [2.24, 2.45) is 0 Å². The van der Waals surface area contributed by atoms with Gasteiger partial charge in [-0.15, -0.1) is 11.3 Å². The molecular weight excluding hydrogens is 423 g/mol. The van der Waals surface area contributed by atoms with Crippen molar-refractivity contribution in [1.29, 1.82) is 0 Å². The number of carbonyl (C=O) groups is 3. The van der Waals surface area contributed by atoms with E-state index in [9.17, 15) is 14.4 Å². The Labute approximate surface area is 171 Å². The van der Waals surface area contributed by atoms with Crippen molar-refractivity contribution in [3.8, 4) is 0 Å². The summed E-state index contributed by atoms with van der Waals surface area (Å²) in [7, 11) is 0. The van der Waals surface area contributed by atoms with Crippen molar-refractivity contribution in [3.63, 3.8) is 0 Å². The van der Waals surface area contributed by atoms with Gasteiger partial charge in [0.15, 0.2) is 0 Å². The number of thiophene rings is 1. The van der Waals surface area contributed by atoms with Crippen LogP contribution in [0.3, 0.4) is 0 Å². The minimum absolute atomic E-state index is 0.0850. The average molecular weight is 444 g/mol. The number of ether oxygens (including phenoxy) is 1. The third-order valence-corrected chi connectivity index (χ3v) is 5.13. The zero-order valence-corrected chi connectivity index (χ0v) is 18.2. The Morgan fingerprint density at radius 1 is 1.19 bits per heavy atom. The lowest BCUT2D eigenvalue weighted by molar-refractivity contribution is -0.115. The predicted molar refractivity (Wildman–Crippen MR) is 106 cm³/mol. The number of nitrogens with one attached hydrogen (secondary N) is 1. The molecule has 0 aliphatic rings. The lowest BCUT2D eigenvalue weighted by Gasteiger charge is -2.18. The second-order valence-electron chi connectivity index (χ2n) is 5.64. The zero-order valence-electron chi connectivity index (χ0n) is 15.1. The van der Waals surface area contributed by atoms with Crippen molar-refractivity contribution in [2.45, 2.75) is 44.5 Å². The lowest BCUT2D eigenvalue weighted by Crippen LogP contribution is -2.30. The van der Waals surface area contributed by atoms with E-state index in [4.69, 9.17) is 39.5 Å². The fraction of sp³-hybridized carbons (Fsp3) is 0.562. The number of halogens is 3. The molecule has 0 bridgehead atoms. The summed E-state index contributed by atoms with van der Waals surface area (Å²) in [6, 6.07) is 0. The number of rotatable bonds is 6. The Morgan fingerprint density at radius 2 is 1.73 bits per heavy atom. The lowest BCUT2D eigenvalue weighted by atomic mass is 10.1. The molecule has 1 heterocycles. The van der Waals surface area contributed by atoms with Crippen LogP contribution in [-0.2, 0) is 9.53 Å². The summed E-state index contributed by atoms with van der Waals surface area (Å²) in [6.07, 6.45) is -0.375. The van der Waals surface area contributed by atoms with Crippen LogP contribution in [0.4, 0.5) is 5.00 Å². The van der Waals surface area contributed by atoms with Crippen molar-refractivity contribution in [1.82, 2.24) is 4.90 Å². The van der Waals surface area contributed by atoms with Crippen molar-refractivity contribution >= 4 is 68.9 Å². The number of esters is 1. The molecule has 1 aromatic rings. The second-order valence-corrected chi connectivity index (χ2v) is 8.95. The number of hydrogen-bond donors (Lipinski definition) is 1. The number of amides is 2. The highest BCUT2D eigenvalue weighted by Gasteiger charge is 2.34. The molecule has 0 aliphatic heterocycles. The summed E-state index contributed by atoms with van der Waals surface area (Å²) in [4.78, 5) is 39.1. The molecule has 0 unspecified atom stereocenters. The second kappa shape index (κ2) is 9.26. The van der Waals surface area contributed by atoms with Crippen LogP contribution in [0.15, 0.2) is 0 Å². The molecule has 0 saturated carbocycles. The summed E-state index contributed by atoms with van der Waals surface area (Å²) in [6.45, 7) is 9.73. The monoisotopic (exact) mass is 442 g/mol. The molecule has 6 nitrogen and oxygen atoms in total. The normalized spacial score (nSPS) is 11.4. The Kier molecular flexibility index (Phi) is 8.20. The van der Waals surface area contributed by atoms with Gasteiger partial charge in [0.1, 0.15) is 5.00 Å². The van der Waals surface area contributed by atoms with Gasteiger partial charge in [-0.25, -0.2) is 4.79 Å². The first-order chi connectivity index (χ1) is 11.9. The number of alkyl halides is 3. The first kappa shape index (κ1) is 23.0. The topological polar surface area (TPSA) is 75.7 Å². The van der Waals surface area contributed by atoms with E-state index >= 15 is 0 Å². The van der Waals surface area contributed by atoms with Crippen LogP contribution in [-0.4, -0.2) is 45.7 Å². The molecule has 0 fully saturated rings. The molecule has 26 heavy (non-hydrogen) atoms. The van der Waals surface area contributed by atoms with Crippen LogP contribution in [0.1, 0.15) is 53.3 Å². The maximum absolute atomic E-state index is 12.7. The van der Waals surface area contributed by atoms with Gasteiger partial charge in [-0.2, -0.15) is 0 Å². The molecule has 1 rings (SSSR count). The van der Waals surface area contributed by atoms with Crippen molar-refractivity contribution < 1.29 is 19.1 Å². The molecule has 0 aliphatic carbocycles. The van der Waals surface area contributed by atoms with Crippen molar-refractivity contribution in [3.05, 3.63) is 16.0 Å². The number of carbonyl (C=O) groups excluding carboxylic acids is 3. The molecular formula is C16H21Cl3N2O4S. The molecule has 10 heteroatoms. The molecule has 146 valence electrons. The van der Waals surface area contributed by atoms with Crippen LogP contribution in [0.2, 0.25) is 0 Å². The van der Waals surface area contributed by atoms with Crippen LogP contribution >= 0.6 is 46.1 Å². The number of hydrogen-bond acceptors (Lipinski definition) is 5. The van der Waals surface area contributed by atoms with Crippen LogP contribution in [0, 0.1) is 6.92 Å². The maximum atomic E-state index is 12.7. The van der Waals surface area contributed by atoms with E-state index in [-0.39, 0.29) is 22.6 Å². The predicted octanol–water partition coefficient (Wildman–Crippen LogP) is 4.41. The highest BCUT2D eigenvalue weighted by Crippen LogP contribution is 2.37. The SMILES string of the molecule is CCN(CC)C(=O)c1sc(NC(=O)C(Cl)(Cl)Cl)c(C(=O)OC(C)C)c1C. The Bertz CT molecular complexity index is 694. The molecule has 0 radical (unpaired) electrons. The molecule has 0 saturated heterocycles. The smallest absolute Gasteiger partial charge is 0.341 e. The number of anilines is 1. The Morgan fingerprint density at radius 3 is 2.15 bits per heavy atom. The van der Waals surface area contributed by atoms with Gasteiger partial charge in [0.05, 0.1) is 16.5 Å². The number of nitrogens with zero attached hydrogens (tertiary/aromatic N) is 1. The van der Waals surface area contributed by atoms with E-state index in [1.54, 1.807) is 25.7 Å². The summed E-state index contributed by atoms with van der Waals surface area (Å²) in [5.41, 5.74) is 0.499.